The first kappa shape index (κ1) is 15.4. The zero-order chi connectivity index (χ0) is 15.4. The van der Waals surface area contributed by atoms with Crippen molar-refractivity contribution < 1.29 is 4.74 Å². The third kappa shape index (κ3) is 3.22. The van der Waals surface area contributed by atoms with Crippen molar-refractivity contribution in [2.24, 2.45) is 5.73 Å². The Kier molecular flexibility index (Phi) is 4.91. The van der Waals surface area contributed by atoms with Crippen LogP contribution in [0.1, 0.15) is 41.8 Å². The van der Waals surface area contributed by atoms with Crippen molar-refractivity contribution in [2.45, 2.75) is 47.1 Å². The van der Waals surface area contributed by atoms with Gasteiger partial charge in [0.05, 0.1) is 5.69 Å². The van der Waals surface area contributed by atoms with Gasteiger partial charge in [-0.15, -0.1) is 5.10 Å². The van der Waals surface area contributed by atoms with Crippen molar-refractivity contribution in [2.75, 3.05) is 0 Å². The Morgan fingerprint density at radius 1 is 1.00 bits per heavy atom. The van der Waals surface area contributed by atoms with E-state index in [-0.39, 0.29) is 0 Å². The molecule has 2 aromatic rings. The van der Waals surface area contributed by atoms with E-state index in [2.05, 4.69) is 37.9 Å². The lowest BCUT2D eigenvalue weighted by atomic mass is 10.0. The number of aryl methyl sites for hydroxylation is 3. The summed E-state index contributed by atoms with van der Waals surface area (Å²) in [6.07, 6.45) is 1.74. The molecule has 0 saturated carbocycles. The van der Waals surface area contributed by atoms with Gasteiger partial charge in [-0.2, -0.15) is 5.10 Å². The molecule has 0 bridgehead atoms. The van der Waals surface area contributed by atoms with Gasteiger partial charge in [-0.25, -0.2) is 0 Å². The molecule has 1 aromatic carbocycles. The summed E-state index contributed by atoms with van der Waals surface area (Å²) < 4.78 is 5.92. The van der Waals surface area contributed by atoms with Gasteiger partial charge in [-0.1, -0.05) is 19.9 Å². The molecular formula is C17H23N3O. The number of ether oxygens (including phenoxy) is 1. The Bertz CT molecular complexity index is 638. The highest BCUT2D eigenvalue weighted by atomic mass is 16.5. The Labute approximate surface area is 126 Å². The molecule has 0 fully saturated rings. The quantitative estimate of drug-likeness (QED) is 0.913. The molecule has 0 aliphatic rings. The smallest absolute Gasteiger partial charge is 0.243 e. The Morgan fingerprint density at radius 3 is 2.33 bits per heavy atom. The Hall–Kier alpha value is -1.94. The molecule has 0 aliphatic carbocycles. The number of rotatable bonds is 5. The van der Waals surface area contributed by atoms with Crippen LogP contribution >= 0.6 is 0 Å². The number of benzene rings is 1. The van der Waals surface area contributed by atoms with E-state index in [0.29, 0.717) is 12.4 Å². The number of aromatic nitrogens is 2. The molecular weight excluding hydrogens is 262 g/mol. The van der Waals surface area contributed by atoms with E-state index < -0.39 is 0 Å². The lowest BCUT2D eigenvalue weighted by Gasteiger charge is -2.14. The molecule has 1 aromatic heterocycles. The van der Waals surface area contributed by atoms with Crippen LogP contribution in [0.25, 0.3) is 0 Å². The van der Waals surface area contributed by atoms with Crippen LogP contribution < -0.4 is 10.5 Å². The summed E-state index contributed by atoms with van der Waals surface area (Å²) in [5.41, 5.74) is 11.5. The highest BCUT2D eigenvalue weighted by molar-refractivity contribution is 5.41. The first-order chi connectivity index (χ1) is 10.1. The standard InChI is InChI=1S/C17H23N3O/c1-5-14-15(10-18)17(20-19-16(14)6-2)21-13-8-7-11(3)12(4)9-13/h7-9H,5-6,10,18H2,1-4H3. The monoisotopic (exact) mass is 285 g/mol. The number of hydrogen-bond donors (Lipinski definition) is 1. The van der Waals surface area contributed by atoms with Crippen molar-refractivity contribution in [3.8, 4) is 11.6 Å². The van der Waals surface area contributed by atoms with Crippen LogP contribution in [0.15, 0.2) is 18.2 Å². The molecule has 4 nitrogen and oxygen atoms in total. The normalized spacial score (nSPS) is 10.7. The van der Waals surface area contributed by atoms with Crippen LogP contribution in [0, 0.1) is 13.8 Å². The second-order valence-electron chi connectivity index (χ2n) is 5.17. The minimum absolute atomic E-state index is 0.409. The molecule has 4 heteroatoms. The minimum atomic E-state index is 0.409. The summed E-state index contributed by atoms with van der Waals surface area (Å²) in [7, 11) is 0. The van der Waals surface area contributed by atoms with Gasteiger partial charge in [0.25, 0.3) is 0 Å². The fourth-order valence-electron chi connectivity index (χ4n) is 2.41. The van der Waals surface area contributed by atoms with Gasteiger partial charge in [-0.05, 0) is 55.5 Å². The van der Waals surface area contributed by atoms with Crippen molar-refractivity contribution in [1.29, 1.82) is 0 Å². The number of hydrogen-bond acceptors (Lipinski definition) is 4. The summed E-state index contributed by atoms with van der Waals surface area (Å²) in [5.74, 6) is 1.29. The fraction of sp³-hybridized carbons (Fsp3) is 0.412. The lowest BCUT2D eigenvalue weighted by molar-refractivity contribution is 0.445. The molecule has 1 heterocycles. The first-order valence-corrected chi connectivity index (χ1v) is 7.43. The largest absolute Gasteiger partial charge is 0.437 e. The van der Waals surface area contributed by atoms with Gasteiger partial charge in [0.15, 0.2) is 0 Å². The van der Waals surface area contributed by atoms with Gasteiger partial charge in [0.1, 0.15) is 5.75 Å². The predicted octanol–water partition coefficient (Wildman–Crippen LogP) is 3.47. The molecule has 0 atom stereocenters. The molecule has 0 radical (unpaired) electrons. The van der Waals surface area contributed by atoms with E-state index >= 15 is 0 Å². The highest BCUT2D eigenvalue weighted by Crippen LogP contribution is 2.28. The van der Waals surface area contributed by atoms with Crippen LogP contribution in [-0.2, 0) is 19.4 Å². The lowest BCUT2D eigenvalue weighted by Crippen LogP contribution is -2.10. The zero-order valence-electron chi connectivity index (χ0n) is 13.2. The van der Waals surface area contributed by atoms with Crippen molar-refractivity contribution in [3.63, 3.8) is 0 Å². The maximum atomic E-state index is 5.92. The highest BCUT2D eigenvalue weighted by Gasteiger charge is 2.15. The van der Waals surface area contributed by atoms with Crippen molar-refractivity contribution in [3.05, 3.63) is 46.1 Å². The average Bonchev–Trinajstić information content (AvgIpc) is 2.50. The first-order valence-electron chi connectivity index (χ1n) is 7.43. The van der Waals surface area contributed by atoms with Gasteiger partial charge in [-0.3, -0.25) is 0 Å². The molecule has 0 saturated heterocycles. The number of nitrogens with zero attached hydrogens (tertiary/aromatic N) is 2. The number of nitrogens with two attached hydrogens (primary N) is 1. The third-order valence-electron chi connectivity index (χ3n) is 3.82. The summed E-state index contributed by atoms with van der Waals surface area (Å²) in [6.45, 7) is 8.74. The van der Waals surface area contributed by atoms with E-state index in [0.717, 1.165) is 35.4 Å². The molecule has 112 valence electrons. The summed E-state index contributed by atoms with van der Waals surface area (Å²) in [4.78, 5) is 0. The molecule has 0 unspecified atom stereocenters. The van der Waals surface area contributed by atoms with E-state index in [1.807, 2.05) is 18.2 Å². The fourth-order valence-corrected chi connectivity index (χ4v) is 2.41. The third-order valence-corrected chi connectivity index (χ3v) is 3.82. The van der Waals surface area contributed by atoms with E-state index in [1.54, 1.807) is 0 Å². The summed E-state index contributed by atoms with van der Waals surface area (Å²) in [5, 5.41) is 8.51. The van der Waals surface area contributed by atoms with Crippen LogP contribution in [0.4, 0.5) is 0 Å². The van der Waals surface area contributed by atoms with Gasteiger partial charge in [0, 0.05) is 12.1 Å². The molecule has 2 N–H and O–H groups in total. The van der Waals surface area contributed by atoms with Gasteiger partial charge >= 0.3 is 0 Å². The molecule has 0 aliphatic heterocycles. The van der Waals surface area contributed by atoms with E-state index in [9.17, 15) is 0 Å². The van der Waals surface area contributed by atoms with Crippen molar-refractivity contribution in [1.82, 2.24) is 10.2 Å². The second-order valence-corrected chi connectivity index (χ2v) is 5.17. The van der Waals surface area contributed by atoms with Crippen LogP contribution in [0.2, 0.25) is 0 Å². The molecule has 21 heavy (non-hydrogen) atoms. The molecule has 0 spiro atoms. The van der Waals surface area contributed by atoms with Crippen molar-refractivity contribution >= 4 is 0 Å². The molecule has 2 rings (SSSR count). The second kappa shape index (κ2) is 6.68. The van der Waals surface area contributed by atoms with Crippen LogP contribution in [-0.4, -0.2) is 10.2 Å². The summed E-state index contributed by atoms with van der Waals surface area (Å²) >= 11 is 0. The van der Waals surface area contributed by atoms with Gasteiger partial charge in [0.2, 0.25) is 5.88 Å². The average molecular weight is 285 g/mol. The van der Waals surface area contributed by atoms with Gasteiger partial charge < -0.3 is 10.5 Å². The van der Waals surface area contributed by atoms with E-state index in [4.69, 9.17) is 10.5 Å². The summed E-state index contributed by atoms with van der Waals surface area (Å²) in [6, 6.07) is 6.00. The zero-order valence-corrected chi connectivity index (χ0v) is 13.2. The predicted molar refractivity (Wildman–Crippen MR) is 84.7 cm³/mol. The maximum Gasteiger partial charge on any atom is 0.243 e. The Balaban J connectivity index is 2.41. The molecule has 0 amide bonds. The maximum absolute atomic E-state index is 5.92. The van der Waals surface area contributed by atoms with E-state index in [1.165, 1.54) is 11.1 Å². The topological polar surface area (TPSA) is 61.0 Å². The minimum Gasteiger partial charge on any atom is -0.437 e. The van der Waals surface area contributed by atoms with Crippen LogP contribution in [0.3, 0.4) is 0 Å². The Morgan fingerprint density at radius 2 is 1.76 bits per heavy atom. The van der Waals surface area contributed by atoms with Crippen LogP contribution in [0.5, 0.6) is 11.6 Å². The SMILES string of the molecule is CCc1nnc(Oc2ccc(C)c(C)c2)c(CN)c1CC.